The molecule has 0 aliphatic carbocycles. The Morgan fingerprint density at radius 3 is 2.72 bits per heavy atom. The van der Waals surface area contributed by atoms with Crippen LogP contribution in [0.2, 0.25) is 0 Å². The molecule has 3 rings (SSSR count). The zero-order valence-electron chi connectivity index (χ0n) is 14.5. The smallest absolute Gasteiger partial charge is 0.342 e. The molecular formula is C18H21BrN2O4. The van der Waals surface area contributed by atoms with Crippen molar-refractivity contribution in [2.75, 3.05) is 13.2 Å². The summed E-state index contributed by atoms with van der Waals surface area (Å²) in [6.07, 6.45) is 0.130. The second-order valence-corrected chi connectivity index (χ2v) is 7.35. The molecule has 2 aromatic rings. The zero-order valence-corrected chi connectivity index (χ0v) is 16.0. The summed E-state index contributed by atoms with van der Waals surface area (Å²) < 4.78 is 13.5. The molecule has 0 amide bonds. The van der Waals surface area contributed by atoms with Gasteiger partial charge in [-0.2, -0.15) is 5.10 Å². The van der Waals surface area contributed by atoms with Gasteiger partial charge in [0.2, 0.25) is 11.5 Å². The molecule has 6 nitrogen and oxygen atoms in total. The molecular weight excluding hydrogens is 388 g/mol. The van der Waals surface area contributed by atoms with E-state index >= 15 is 0 Å². The Labute approximate surface area is 154 Å². The molecule has 25 heavy (non-hydrogen) atoms. The Balaban J connectivity index is 2.05. The number of rotatable bonds is 4. The number of carbonyl (C=O) groups is 1. The fraction of sp³-hybridized carbons (Fsp3) is 0.444. The van der Waals surface area contributed by atoms with Crippen molar-refractivity contribution in [1.29, 1.82) is 0 Å². The van der Waals surface area contributed by atoms with Gasteiger partial charge in [0.15, 0.2) is 0 Å². The molecule has 1 aromatic carbocycles. The van der Waals surface area contributed by atoms with Gasteiger partial charge in [-0.1, -0.05) is 29.8 Å². The minimum atomic E-state index is -1.68. The first-order chi connectivity index (χ1) is 11.9. The third-order valence-electron chi connectivity index (χ3n) is 4.16. The lowest BCUT2D eigenvalue weighted by atomic mass is 9.91. The van der Waals surface area contributed by atoms with Gasteiger partial charge in [-0.25, -0.2) is 9.48 Å². The van der Waals surface area contributed by atoms with Crippen LogP contribution in [-0.4, -0.2) is 39.7 Å². The molecule has 0 saturated heterocycles. The van der Waals surface area contributed by atoms with Crippen LogP contribution in [0.4, 0.5) is 0 Å². The monoisotopic (exact) mass is 408 g/mol. The molecule has 1 atom stereocenters. The van der Waals surface area contributed by atoms with Gasteiger partial charge in [-0.15, -0.1) is 0 Å². The lowest BCUT2D eigenvalue weighted by molar-refractivity contribution is -0.169. The van der Waals surface area contributed by atoms with Gasteiger partial charge in [0, 0.05) is 16.5 Å². The summed E-state index contributed by atoms with van der Waals surface area (Å²) in [4.78, 5) is 12.1. The number of benzene rings is 1. The van der Waals surface area contributed by atoms with Crippen molar-refractivity contribution in [3.8, 4) is 11.6 Å². The number of esters is 1. The summed E-state index contributed by atoms with van der Waals surface area (Å²) in [6, 6.07) is 7.71. The average molecular weight is 409 g/mol. The van der Waals surface area contributed by atoms with Crippen molar-refractivity contribution in [3.05, 3.63) is 40.0 Å². The highest BCUT2D eigenvalue weighted by Gasteiger charge is 2.45. The molecule has 1 unspecified atom stereocenters. The maximum atomic E-state index is 12.1. The van der Waals surface area contributed by atoms with Crippen molar-refractivity contribution >= 4 is 21.9 Å². The Morgan fingerprint density at radius 2 is 2.12 bits per heavy atom. The highest BCUT2D eigenvalue weighted by molar-refractivity contribution is 9.10. The van der Waals surface area contributed by atoms with E-state index in [0.29, 0.717) is 5.88 Å². The molecule has 0 spiro atoms. The molecule has 2 heterocycles. The maximum Gasteiger partial charge on any atom is 0.342 e. The number of fused-ring (bicyclic) bond motifs is 1. The third-order valence-corrected chi connectivity index (χ3v) is 4.69. The molecule has 7 heteroatoms. The van der Waals surface area contributed by atoms with Crippen molar-refractivity contribution in [2.24, 2.45) is 0 Å². The Hall–Kier alpha value is -1.86. The number of nitrogens with zero attached hydrogens (tertiary/aromatic N) is 2. The van der Waals surface area contributed by atoms with Crippen molar-refractivity contribution < 1.29 is 19.4 Å². The second-order valence-electron chi connectivity index (χ2n) is 6.43. The van der Waals surface area contributed by atoms with Crippen molar-refractivity contribution in [2.45, 2.75) is 38.7 Å². The van der Waals surface area contributed by atoms with E-state index in [1.54, 1.807) is 11.6 Å². The molecule has 1 N–H and O–H groups in total. The summed E-state index contributed by atoms with van der Waals surface area (Å²) in [7, 11) is 0. The van der Waals surface area contributed by atoms with Gasteiger partial charge < -0.3 is 14.6 Å². The topological polar surface area (TPSA) is 73.6 Å². The number of hydrogen-bond acceptors (Lipinski definition) is 5. The number of aliphatic hydroxyl groups is 1. The van der Waals surface area contributed by atoms with Crippen LogP contribution in [0.3, 0.4) is 0 Å². The minimum absolute atomic E-state index is 0.124. The predicted molar refractivity (Wildman–Crippen MR) is 96.1 cm³/mol. The highest BCUT2D eigenvalue weighted by Crippen LogP contribution is 2.37. The molecule has 1 aliphatic rings. The molecule has 0 radical (unpaired) electrons. The largest absolute Gasteiger partial charge is 0.474 e. The molecule has 0 bridgehead atoms. The van der Waals surface area contributed by atoms with E-state index < -0.39 is 11.6 Å². The highest BCUT2D eigenvalue weighted by atomic mass is 79.9. The molecule has 1 aromatic heterocycles. The number of carbonyl (C=O) groups excluding carboxylic acids is 1. The predicted octanol–water partition coefficient (Wildman–Crippen LogP) is 2.99. The standard InChI is InChI=1S/C18H21BrN2O4/c1-4-24-17(22)18(23)9-14-15(11(2)3)20-21(16(14)25-10-18)13-7-5-12(19)6-8-13/h5-8,11,23H,4,9-10H2,1-3H3. The van der Waals surface area contributed by atoms with Gasteiger partial charge in [0.1, 0.15) is 6.61 Å². The van der Waals surface area contributed by atoms with Gasteiger partial charge in [-0.05, 0) is 37.1 Å². The normalized spacial score (nSPS) is 19.4. The van der Waals surface area contributed by atoms with Crippen LogP contribution >= 0.6 is 15.9 Å². The first-order valence-corrected chi connectivity index (χ1v) is 9.05. The minimum Gasteiger partial charge on any atom is -0.474 e. The van der Waals surface area contributed by atoms with Crippen molar-refractivity contribution in [1.82, 2.24) is 9.78 Å². The van der Waals surface area contributed by atoms with Crippen LogP contribution in [-0.2, 0) is 16.0 Å². The summed E-state index contributed by atoms with van der Waals surface area (Å²) >= 11 is 3.42. The SMILES string of the molecule is CCOC(=O)C1(O)COc2c(c(C(C)C)nn2-c2ccc(Br)cc2)C1. The molecule has 134 valence electrons. The zero-order chi connectivity index (χ0) is 18.2. The van der Waals surface area contributed by atoms with E-state index in [2.05, 4.69) is 21.0 Å². The van der Waals surface area contributed by atoms with Crippen LogP contribution in [0.5, 0.6) is 5.88 Å². The average Bonchev–Trinajstić information content (AvgIpc) is 2.94. The number of ether oxygens (including phenoxy) is 2. The van der Waals surface area contributed by atoms with Crippen LogP contribution < -0.4 is 4.74 Å². The lowest BCUT2D eigenvalue weighted by Crippen LogP contribution is -2.50. The fourth-order valence-electron chi connectivity index (χ4n) is 2.91. The van der Waals surface area contributed by atoms with Crippen LogP contribution in [0.1, 0.15) is 37.9 Å². The number of hydrogen-bond donors (Lipinski definition) is 1. The second kappa shape index (κ2) is 6.80. The number of halogens is 1. The first kappa shape index (κ1) is 17.9. The van der Waals surface area contributed by atoms with Crippen LogP contribution in [0, 0.1) is 0 Å². The van der Waals surface area contributed by atoms with E-state index in [0.717, 1.165) is 21.4 Å². The summed E-state index contributed by atoms with van der Waals surface area (Å²) in [6.45, 7) is 5.81. The first-order valence-electron chi connectivity index (χ1n) is 8.26. The van der Waals surface area contributed by atoms with Gasteiger partial charge >= 0.3 is 5.97 Å². The Morgan fingerprint density at radius 1 is 1.44 bits per heavy atom. The van der Waals surface area contributed by atoms with Crippen LogP contribution in [0.15, 0.2) is 28.7 Å². The summed E-state index contributed by atoms with van der Waals surface area (Å²) in [5, 5.41) is 15.4. The molecule has 0 fully saturated rings. The van der Waals surface area contributed by atoms with Crippen molar-refractivity contribution in [3.63, 3.8) is 0 Å². The van der Waals surface area contributed by atoms with E-state index in [1.807, 2.05) is 38.1 Å². The summed E-state index contributed by atoms with van der Waals surface area (Å²) in [5.74, 6) is 0.0327. The Bertz CT molecular complexity index is 785. The third kappa shape index (κ3) is 3.30. The van der Waals surface area contributed by atoms with E-state index in [4.69, 9.17) is 9.47 Å². The van der Waals surface area contributed by atoms with Gasteiger partial charge in [0.25, 0.3) is 0 Å². The lowest BCUT2D eigenvalue weighted by Gasteiger charge is -2.30. The summed E-state index contributed by atoms with van der Waals surface area (Å²) in [5.41, 5.74) is 0.730. The number of aromatic nitrogens is 2. The fourth-order valence-corrected chi connectivity index (χ4v) is 3.18. The Kier molecular flexibility index (Phi) is 4.88. The maximum absolute atomic E-state index is 12.1. The van der Waals surface area contributed by atoms with E-state index in [9.17, 15) is 9.90 Å². The van der Waals surface area contributed by atoms with E-state index in [-0.39, 0.29) is 25.6 Å². The molecule has 1 aliphatic heterocycles. The van der Waals surface area contributed by atoms with E-state index in [1.165, 1.54) is 0 Å². The van der Waals surface area contributed by atoms with Crippen LogP contribution in [0.25, 0.3) is 5.69 Å². The quantitative estimate of drug-likeness (QED) is 0.787. The van der Waals surface area contributed by atoms with Gasteiger partial charge in [-0.3, -0.25) is 0 Å². The molecule has 0 saturated carbocycles. The van der Waals surface area contributed by atoms with Gasteiger partial charge in [0.05, 0.1) is 18.0 Å².